The predicted octanol–water partition coefficient (Wildman–Crippen LogP) is 3.36. The number of nitrogens with zero attached hydrogens (tertiary/aromatic N) is 2. The van der Waals surface area contributed by atoms with Crippen LogP contribution in [0.3, 0.4) is 0 Å². The number of fused-ring (bicyclic) bond motifs is 1. The molecule has 1 aliphatic heterocycles. The number of thioether (sulfide) groups is 1. The topological polar surface area (TPSA) is 90.6 Å². The number of carboxylic acids is 1. The van der Waals surface area contributed by atoms with Crippen molar-refractivity contribution in [1.29, 1.82) is 5.26 Å². The minimum absolute atomic E-state index is 0.275. The average Bonchev–Trinajstić information content (AvgIpc) is 2.66. The fraction of sp³-hybridized carbons (Fsp3) is 0.526. The SMILES string of the molecule is COC(=O)N1CC2CCC(Sc3ccccc3C#N)CC2CC1C(=O)O. The van der Waals surface area contributed by atoms with E-state index in [0.29, 0.717) is 29.7 Å². The first-order chi connectivity index (χ1) is 12.5. The van der Waals surface area contributed by atoms with Crippen molar-refractivity contribution in [3.05, 3.63) is 29.8 Å². The molecule has 0 radical (unpaired) electrons. The van der Waals surface area contributed by atoms with E-state index in [9.17, 15) is 20.0 Å². The molecule has 0 bridgehead atoms. The molecule has 6 nitrogen and oxygen atoms in total. The van der Waals surface area contributed by atoms with Gasteiger partial charge in [0, 0.05) is 16.7 Å². The number of nitriles is 1. The maximum Gasteiger partial charge on any atom is 0.410 e. The summed E-state index contributed by atoms with van der Waals surface area (Å²) in [5, 5.41) is 19.1. The van der Waals surface area contributed by atoms with Crippen molar-refractivity contribution < 1.29 is 19.4 Å². The average molecular weight is 374 g/mol. The third kappa shape index (κ3) is 3.80. The lowest BCUT2D eigenvalue weighted by atomic mass is 9.73. The molecule has 4 atom stereocenters. The van der Waals surface area contributed by atoms with E-state index >= 15 is 0 Å². The lowest BCUT2D eigenvalue weighted by molar-refractivity contribution is -0.145. The highest BCUT2D eigenvalue weighted by Gasteiger charge is 2.44. The summed E-state index contributed by atoms with van der Waals surface area (Å²) < 4.78 is 4.76. The van der Waals surface area contributed by atoms with Crippen molar-refractivity contribution in [3.63, 3.8) is 0 Å². The van der Waals surface area contributed by atoms with E-state index in [1.54, 1.807) is 11.8 Å². The number of piperidine rings is 1. The predicted molar refractivity (Wildman–Crippen MR) is 96.8 cm³/mol. The highest BCUT2D eigenvalue weighted by Crippen LogP contribution is 2.44. The summed E-state index contributed by atoms with van der Waals surface area (Å²) in [6, 6.07) is 9.00. The lowest BCUT2D eigenvalue weighted by Crippen LogP contribution is -2.54. The molecule has 1 amide bonds. The summed E-state index contributed by atoms with van der Waals surface area (Å²) in [6.07, 6.45) is 2.77. The minimum Gasteiger partial charge on any atom is -0.480 e. The zero-order valence-corrected chi connectivity index (χ0v) is 15.4. The molecule has 1 heterocycles. The van der Waals surface area contributed by atoms with Crippen LogP contribution in [0.2, 0.25) is 0 Å². The summed E-state index contributed by atoms with van der Waals surface area (Å²) in [5.41, 5.74) is 0.684. The van der Waals surface area contributed by atoms with Crippen LogP contribution in [-0.4, -0.2) is 47.0 Å². The molecule has 26 heavy (non-hydrogen) atoms. The van der Waals surface area contributed by atoms with Crippen molar-refractivity contribution in [1.82, 2.24) is 4.90 Å². The molecule has 1 aliphatic carbocycles. The maximum atomic E-state index is 11.9. The number of likely N-dealkylation sites (tertiary alicyclic amines) is 1. The molecule has 1 aromatic rings. The van der Waals surface area contributed by atoms with E-state index in [0.717, 1.165) is 24.2 Å². The second kappa shape index (κ2) is 8.00. The second-order valence-electron chi connectivity index (χ2n) is 6.89. The zero-order valence-electron chi connectivity index (χ0n) is 14.6. The molecule has 2 fully saturated rings. The van der Waals surface area contributed by atoms with Gasteiger partial charge in [-0.1, -0.05) is 12.1 Å². The van der Waals surface area contributed by atoms with Gasteiger partial charge < -0.3 is 9.84 Å². The van der Waals surface area contributed by atoms with Crippen LogP contribution in [0.1, 0.15) is 31.2 Å². The van der Waals surface area contributed by atoms with Gasteiger partial charge in [-0.3, -0.25) is 4.90 Å². The number of benzene rings is 1. The zero-order chi connectivity index (χ0) is 18.7. The van der Waals surface area contributed by atoms with Crippen molar-refractivity contribution in [3.8, 4) is 6.07 Å². The highest BCUT2D eigenvalue weighted by molar-refractivity contribution is 8.00. The fourth-order valence-electron chi connectivity index (χ4n) is 4.11. The first-order valence-corrected chi connectivity index (χ1v) is 9.64. The van der Waals surface area contributed by atoms with Gasteiger partial charge in [-0.2, -0.15) is 5.26 Å². The van der Waals surface area contributed by atoms with Gasteiger partial charge in [-0.15, -0.1) is 11.8 Å². The third-order valence-corrected chi connectivity index (χ3v) is 6.79. The molecule has 4 unspecified atom stereocenters. The van der Waals surface area contributed by atoms with E-state index in [-0.39, 0.29) is 5.92 Å². The molecule has 3 rings (SSSR count). The highest BCUT2D eigenvalue weighted by atomic mass is 32.2. The Morgan fingerprint density at radius 2 is 2.04 bits per heavy atom. The molecule has 138 valence electrons. The number of amides is 1. The second-order valence-corrected chi connectivity index (χ2v) is 8.24. The fourth-order valence-corrected chi connectivity index (χ4v) is 5.46. The number of rotatable bonds is 3. The van der Waals surface area contributed by atoms with Gasteiger partial charge >= 0.3 is 12.1 Å². The number of carboxylic acid groups (broad SMARTS) is 1. The van der Waals surface area contributed by atoms with Crippen LogP contribution in [-0.2, 0) is 9.53 Å². The lowest BCUT2D eigenvalue weighted by Gasteiger charge is -2.45. The number of hydrogen-bond acceptors (Lipinski definition) is 5. The smallest absolute Gasteiger partial charge is 0.410 e. The summed E-state index contributed by atoms with van der Waals surface area (Å²) in [6.45, 7) is 0.445. The molecule has 2 aliphatic rings. The van der Waals surface area contributed by atoms with Gasteiger partial charge in [0.1, 0.15) is 12.1 Å². The van der Waals surface area contributed by atoms with Crippen molar-refractivity contribution >= 4 is 23.8 Å². The number of methoxy groups -OCH3 is 1. The summed E-state index contributed by atoms with van der Waals surface area (Å²) >= 11 is 1.72. The van der Waals surface area contributed by atoms with Crippen molar-refractivity contribution in [2.75, 3.05) is 13.7 Å². The molecule has 1 saturated carbocycles. The van der Waals surface area contributed by atoms with Gasteiger partial charge in [-0.25, -0.2) is 9.59 Å². The van der Waals surface area contributed by atoms with Crippen LogP contribution in [0.5, 0.6) is 0 Å². The number of carbonyl (C=O) groups is 2. The third-order valence-electron chi connectivity index (χ3n) is 5.42. The summed E-state index contributed by atoms with van der Waals surface area (Å²) in [5.74, 6) is -0.385. The van der Waals surface area contributed by atoms with Crippen molar-refractivity contribution in [2.24, 2.45) is 11.8 Å². The Kier molecular flexibility index (Phi) is 5.72. The maximum absolute atomic E-state index is 11.9. The van der Waals surface area contributed by atoms with Gasteiger partial charge in [-0.05, 0) is 49.7 Å². The molecule has 7 heteroatoms. The normalized spacial score (nSPS) is 27.9. The molecular formula is C19H22N2O4S. The van der Waals surface area contributed by atoms with Crippen LogP contribution in [0, 0.1) is 23.2 Å². The van der Waals surface area contributed by atoms with E-state index < -0.39 is 18.1 Å². The standard InChI is InChI=1S/C19H22N2O4S/c1-25-19(24)21-11-13-6-7-15(8-14(13)9-16(21)18(22)23)26-17-5-3-2-4-12(17)10-20/h2-5,13-16H,6-9,11H2,1H3,(H,22,23). The van der Waals surface area contributed by atoms with E-state index in [4.69, 9.17) is 4.74 Å². The Hall–Kier alpha value is -2.20. The number of ether oxygens (including phenoxy) is 1. The van der Waals surface area contributed by atoms with Gasteiger partial charge in [0.15, 0.2) is 0 Å². The quantitative estimate of drug-likeness (QED) is 0.872. The Morgan fingerprint density at radius 3 is 2.73 bits per heavy atom. The van der Waals surface area contributed by atoms with Gasteiger partial charge in [0.2, 0.25) is 0 Å². The van der Waals surface area contributed by atoms with E-state index in [2.05, 4.69) is 6.07 Å². The Morgan fingerprint density at radius 1 is 1.27 bits per heavy atom. The molecule has 0 spiro atoms. The van der Waals surface area contributed by atoms with Gasteiger partial charge in [0.25, 0.3) is 0 Å². The molecule has 0 aromatic heterocycles. The van der Waals surface area contributed by atoms with E-state index in [1.165, 1.54) is 12.0 Å². The van der Waals surface area contributed by atoms with Crippen LogP contribution >= 0.6 is 11.8 Å². The van der Waals surface area contributed by atoms with Crippen LogP contribution in [0.15, 0.2) is 29.2 Å². The van der Waals surface area contributed by atoms with Gasteiger partial charge in [0.05, 0.1) is 12.7 Å². The van der Waals surface area contributed by atoms with Crippen LogP contribution in [0.4, 0.5) is 4.79 Å². The summed E-state index contributed by atoms with van der Waals surface area (Å²) in [4.78, 5) is 25.9. The molecule has 1 N–H and O–H groups in total. The number of hydrogen-bond donors (Lipinski definition) is 1. The molecular weight excluding hydrogens is 352 g/mol. The Balaban J connectivity index is 1.70. The monoisotopic (exact) mass is 374 g/mol. The molecule has 1 aromatic carbocycles. The minimum atomic E-state index is -0.974. The van der Waals surface area contributed by atoms with Crippen LogP contribution < -0.4 is 0 Å². The first kappa shape index (κ1) is 18.6. The first-order valence-electron chi connectivity index (χ1n) is 8.76. The Labute approximate surface area is 157 Å². The Bertz CT molecular complexity index is 732. The molecule has 1 saturated heterocycles. The summed E-state index contributed by atoms with van der Waals surface area (Å²) in [7, 11) is 1.29. The number of aliphatic carboxylic acids is 1. The van der Waals surface area contributed by atoms with Crippen LogP contribution in [0.25, 0.3) is 0 Å². The van der Waals surface area contributed by atoms with Crippen molar-refractivity contribution in [2.45, 2.75) is 41.9 Å². The van der Waals surface area contributed by atoms with E-state index in [1.807, 2.05) is 24.3 Å². The number of carbonyl (C=O) groups excluding carboxylic acids is 1. The largest absolute Gasteiger partial charge is 0.480 e.